The maximum atomic E-state index is 12.6. The van der Waals surface area contributed by atoms with Crippen LogP contribution in [0.1, 0.15) is 55.7 Å². The molecule has 2 heterocycles. The van der Waals surface area contributed by atoms with E-state index >= 15 is 0 Å². The van der Waals surface area contributed by atoms with Crippen molar-refractivity contribution in [3.8, 4) is 0 Å². The third-order valence-electron chi connectivity index (χ3n) is 4.02. The highest BCUT2D eigenvalue weighted by Crippen LogP contribution is 2.22. The van der Waals surface area contributed by atoms with Gasteiger partial charge in [0.15, 0.2) is 0 Å². The molecule has 0 aromatic carbocycles. The van der Waals surface area contributed by atoms with E-state index in [1.54, 1.807) is 4.68 Å². The number of likely N-dealkylation sites (tertiary alicyclic amines) is 1. The van der Waals surface area contributed by atoms with E-state index in [1.165, 1.54) is 0 Å². The lowest BCUT2D eigenvalue weighted by atomic mass is 10.1. The lowest BCUT2D eigenvalue weighted by Crippen LogP contribution is -2.30. The Balaban J connectivity index is 2.13. The second kappa shape index (κ2) is 6.39. The molecule has 1 saturated heterocycles. The fraction of sp³-hybridized carbons (Fsp3) is 0.733. The van der Waals surface area contributed by atoms with E-state index in [9.17, 15) is 4.79 Å². The third-order valence-corrected chi connectivity index (χ3v) is 4.02. The Hall–Kier alpha value is -1.36. The van der Waals surface area contributed by atoms with Crippen LogP contribution in [0.25, 0.3) is 0 Å². The van der Waals surface area contributed by atoms with Crippen LogP contribution in [-0.2, 0) is 6.54 Å². The van der Waals surface area contributed by atoms with Crippen molar-refractivity contribution < 1.29 is 9.90 Å². The average Bonchev–Trinajstić information content (AvgIpc) is 3.04. The summed E-state index contributed by atoms with van der Waals surface area (Å²) < 4.78 is 1.80. The van der Waals surface area contributed by atoms with E-state index < -0.39 is 0 Å². The fourth-order valence-corrected chi connectivity index (χ4v) is 2.73. The number of aryl methyl sites for hydroxylation is 1. The van der Waals surface area contributed by atoms with Gasteiger partial charge in [0.1, 0.15) is 5.69 Å². The molecule has 0 spiro atoms. The molecule has 1 unspecified atom stereocenters. The van der Waals surface area contributed by atoms with Crippen LogP contribution in [0.2, 0.25) is 0 Å². The molecular formula is C15H25N3O2. The number of carbonyl (C=O) groups is 1. The van der Waals surface area contributed by atoms with Crippen molar-refractivity contribution in [1.29, 1.82) is 0 Å². The minimum Gasteiger partial charge on any atom is -0.396 e. The Labute approximate surface area is 120 Å². The van der Waals surface area contributed by atoms with Crippen molar-refractivity contribution in [2.45, 2.75) is 46.1 Å². The highest BCUT2D eigenvalue weighted by atomic mass is 16.3. The highest BCUT2D eigenvalue weighted by molar-refractivity contribution is 5.93. The Morgan fingerprint density at radius 3 is 2.90 bits per heavy atom. The number of rotatable bonds is 5. The summed E-state index contributed by atoms with van der Waals surface area (Å²) in [6.07, 6.45) is 1.78. The third kappa shape index (κ3) is 3.03. The summed E-state index contributed by atoms with van der Waals surface area (Å²) in [5.74, 6) is 0.841. The molecule has 1 aromatic rings. The lowest BCUT2D eigenvalue weighted by molar-refractivity contribution is 0.0772. The minimum absolute atomic E-state index is 0.0756. The number of carbonyl (C=O) groups excluding carboxylic acids is 1. The summed E-state index contributed by atoms with van der Waals surface area (Å²) in [6, 6.07) is 1.93. The van der Waals surface area contributed by atoms with Crippen LogP contribution in [0.15, 0.2) is 6.07 Å². The van der Waals surface area contributed by atoms with Gasteiger partial charge in [-0.15, -0.1) is 0 Å². The second-order valence-electron chi connectivity index (χ2n) is 5.84. The molecule has 5 nitrogen and oxygen atoms in total. The molecule has 1 aliphatic rings. The van der Waals surface area contributed by atoms with Crippen LogP contribution in [0.4, 0.5) is 0 Å². The molecule has 1 amide bonds. The van der Waals surface area contributed by atoms with Crippen molar-refractivity contribution >= 4 is 5.91 Å². The summed E-state index contributed by atoms with van der Waals surface area (Å²) in [4.78, 5) is 14.5. The van der Waals surface area contributed by atoms with Gasteiger partial charge >= 0.3 is 0 Å². The number of nitrogens with zero attached hydrogens (tertiary/aromatic N) is 3. The van der Waals surface area contributed by atoms with Crippen LogP contribution >= 0.6 is 0 Å². The summed E-state index contributed by atoms with van der Waals surface area (Å²) in [6.45, 7) is 8.64. The minimum atomic E-state index is 0.0756. The number of aromatic nitrogens is 2. The molecule has 0 saturated carbocycles. The van der Waals surface area contributed by atoms with Gasteiger partial charge in [-0.05, 0) is 37.7 Å². The van der Waals surface area contributed by atoms with Gasteiger partial charge in [0, 0.05) is 26.2 Å². The molecular weight excluding hydrogens is 254 g/mol. The van der Waals surface area contributed by atoms with E-state index in [4.69, 9.17) is 5.11 Å². The first-order chi connectivity index (χ1) is 9.56. The summed E-state index contributed by atoms with van der Waals surface area (Å²) in [5, 5.41) is 13.5. The molecule has 2 rings (SSSR count). The van der Waals surface area contributed by atoms with Crippen LogP contribution in [0.5, 0.6) is 0 Å². The highest BCUT2D eigenvalue weighted by Gasteiger charge is 2.28. The van der Waals surface area contributed by atoms with Crippen LogP contribution in [0.3, 0.4) is 0 Å². The fourth-order valence-electron chi connectivity index (χ4n) is 2.73. The van der Waals surface area contributed by atoms with Crippen LogP contribution in [0, 0.1) is 5.92 Å². The quantitative estimate of drug-likeness (QED) is 0.895. The molecule has 1 atom stereocenters. The monoisotopic (exact) mass is 279 g/mol. The predicted octanol–water partition coefficient (Wildman–Crippen LogP) is 1.87. The molecule has 0 aliphatic carbocycles. The SMILES string of the molecule is CCn1nc(C(C)C)cc1C(=O)N1CCC(CCO)C1. The molecule has 1 aliphatic heterocycles. The van der Waals surface area contributed by atoms with Crippen molar-refractivity contribution in [2.75, 3.05) is 19.7 Å². The first-order valence-corrected chi connectivity index (χ1v) is 7.54. The number of hydrogen-bond donors (Lipinski definition) is 1. The van der Waals surface area contributed by atoms with Gasteiger partial charge in [0.2, 0.25) is 0 Å². The second-order valence-corrected chi connectivity index (χ2v) is 5.84. The van der Waals surface area contributed by atoms with E-state index in [1.807, 2.05) is 17.9 Å². The Bertz CT molecular complexity index is 468. The Morgan fingerprint density at radius 1 is 1.55 bits per heavy atom. The van der Waals surface area contributed by atoms with Gasteiger partial charge in [-0.2, -0.15) is 5.10 Å². The van der Waals surface area contributed by atoms with Crippen molar-refractivity contribution in [1.82, 2.24) is 14.7 Å². The molecule has 20 heavy (non-hydrogen) atoms. The maximum Gasteiger partial charge on any atom is 0.272 e. The first kappa shape index (κ1) is 15.0. The van der Waals surface area contributed by atoms with Crippen LogP contribution in [-0.4, -0.2) is 45.4 Å². The standard InChI is InChI=1S/C15H25N3O2/c1-4-18-14(9-13(16-18)11(2)3)15(20)17-7-5-12(10-17)6-8-19/h9,11-12,19H,4-8,10H2,1-3H3. The lowest BCUT2D eigenvalue weighted by Gasteiger charge is -2.16. The molecule has 1 fully saturated rings. The van der Waals surface area contributed by atoms with Gasteiger partial charge in [0.05, 0.1) is 5.69 Å². The maximum absolute atomic E-state index is 12.6. The number of aliphatic hydroxyl groups is 1. The van der Waals surface area contributed by atoms with Gasteiger partial charge in [0.25, 0.3) is 5.91 Å². The Morgan fingerprint density at radius 2 is 2.30 bits per heavy atom. The number of aliphatic hydroxyl groups excluding tert-OH is 1. The van der Waals surface area contributed by atoms with Crippen molar-refractivity contribution in [2.24, 2.45) is 5.92 Å². The van der Waals surface area contributed by atoms with Gasteiger partial charge in [-0.3, -0.25) is 9.48 Å². The molecule has 5 heteroatoms. The summed E-state index contributed by atoms with van der Waals surface area (Å²) >= 11 is 0. The van der Waals surface area contributed by atoms with Gasteiger partial charge < -0.3 is 10.0 Å². The number of hydrogen-bond acceptors (Lipinski definition) is 3. The molecule has 0 radical (unpaired) electrons. The normalized spacial score (nSPS) is 19.1. The predicted molar refractivity (Wildman–Crippen MR) is 77.7 cm³/mol. The van der Waals surface area contributed by atoms with Gasteiger partial charge in [-0.1, -0.05) is 13.8 Å². The zero-order chi connectivity index (χ0) is 14.7. The van der Waals surface area contributed by atoms with Gasteiger partial charge in [-0.25, -0.2) is 0 Å². The first-order valence-electron chi connectivity index (χ1n) is 7.54. The topological polar surface area (TPSA) is 58.4 Å². The largest absolute Gasteiger partial charge is 0.396 e. The van der Waals surface area contributed by atoms with E-state index in [0.717, 1.165) is 31.6 Å². The summed E-state index contributed by atoms with van der Waals surface area (Å²) in [5.41, 5.74) is 1.67. The molecule has 0 bridgehead atoms. The van der Waals surface area contributed by atoms with E-state index in [2.05, 4.69) is 18.9 Å². The zero-order valence-corrected chi connectivity index (χ0v) is 12.7. The Kier molecular flexibility index (Phi) is 4.81. The van der Waals surface area contributed by atoms with Crippen LogP contribution < -0.4 is 0 Å². The van der Waals surface area contributed by atoms with E-state index in [-0.39, 0.29) is 12.5 Å². The van der Waals surface area contributed by atoms with Crippen molar-refractivity contribution in [3.63, 3.8) is 0 Å². The summed E-state index contributed by atoms with van der Waals surface area (Å²) in [7, 11) is 0. The molecule has 112 valence electrons. The zero-order valence-electron chi connectivity index (χ0n) is 12.7. The molecule has 1 aromatic heterocycles. The smallest absolute Gasteiger partial charge is 0.272 e. The molecule has 1 N–H and O–H groups in total. The van der Waals surface area contributed by atoms with Crippen molar-refractivity contribution in [3.05, 3.63) is 17.5 Å². The number of amides is 1. The van der Waals surface area contributed by atoms with E-state index in [0.29, 0.717) is 24.1 Å². The average molecular weight is 279 g/mol.